The Morgan fingerprint density at radius 3 is 2.00 bits per heavy atom. The molecule has 0 saturated carbocycles. The van der Waals surface area contributed by atoms with Gasteiger partial charge in [-0.1, -0.05) is 24.3 Å². The Balaban J connectivity index is 0.00000264. The van der Waals surface area contributed by atoms with Gasteiger partial charge >= 0.3 is 51.6 Å². The van der Waals surface area contributed by atoms with E-state index in [1.807, 2.05) is 0 Å². The predicted molar refractivity (Wildman–Crippen MR) is 84.0 cm³/mol. The van der Waals surface area contributed by atoms with E-state index in [4.69, 9.17) is 0 Å². The van der Waals surface area contributed by atoms with Crippen molar-refractivity contribution >= 4 is 51.6 Å². The summed E-state index contributed by atoms with van der Waals surface area (Å²) in [6, 6.07) is 12.7. The van der Waals surface area contributed by atoms with Gasteiger partial charge in [-0.05, 0) is 30.3 Å². The molecule has 0 aliphatic carbocycles. The van der Waals surface area contributed by atoms with Gasteiger partial charge in [0.25, 0.3) is 0 Å². The van der Waals surface area contributed by atoms with Crippen molar-refractivity contribution in [3.8, 4) is 0 Å². The van der Waals surface area contributed by atoms with Crippen LogP contribution in [0.2, 0.25) is 0 Å². The second-order valence-electron chi connectivity index (χ2n) is 4.21. The molecule has 0 radical (unpaired) electrons. The fourth-order valence-electron chi connectivity index (χ4n) is 1.67. The zero-order valence-electron chi connectivity index (χ0n) is 11.6. The summed E-state index contributed by atoms with van der Waals surface area (Å²) in [7, 11) is -3.01. The number of carbonyl (C=O) groups is 2. The molecule has 0 aliphatic rings. The molecule has 0 spiro atoms. The van der Waals surface area contributed by atoms with Crippen molar-refractivity contribution < 1.29 is 26.9 Å². The van der Waals surface area contributed by atoms with Gasteiger partial charge in [-0.25, -0.2) is 9.59 Å². The van der Waals surface area contributed by atoms with Gasteiger partial charge in [0.1, 0.15) is 4.90 Å². The van der Waals surface area contributed by atoms with E-state index in [0.717, 1.165) is 0 Å². The van der Waals surface area contributed by atoms with Crippen LogP contribution < -0.4 is 0 Å². The van der Waals surface area contributed by atoms with Gasteiger partial charge in [-0.2, -0.15) is 8.42 Å². The van der Waals surface area contributed by atoms with Gasteiger partial charge in [0.2, 0.25) is 0 Å². The van der Waals surface area contributed by atoms with Crippen molar-refractivity contribution in [1.82, 2.24) is 0 Å². The van der Waals surface area contributed by atoms with Gasteiger partial charge in [0.05, 0.1) is 18.2 Å². The van der Waals surface area contributed by atoms with Crippen LogP contribution in [0.5, 0.6) is 0 Å². The molecule has 2 aromatic carbocycles. The van der Waals surface area contributed by atoms with Gasteiger partial charge in [-0.3, -0.25) is 0 Å². The van der Waals surface area contributed by atoms with Crippen LogP contribution in [-0.2, 0) is 19.0 Å². The fraction of sp³-hybridized carbons (Fsp3) is 0.0667. The molecule has 0 N–H and O–H groups in total. The molecule has 0 bridgehead atoms. The standard InChI is InChI=1S/C15H12O6S.Na.H/c1-20-14(16)11-6-5-7-12(10-11)15(17)21-22(18,19)13-8-3-2-4-9-13;;/h2-10H,1H3;;. The molecule has 6 nitrogen and oxygen atoms in total. The fourth-order valence-corrected chi connectivity index (χ4v) is 2.56. The van der Waals surface area contributed by atoms with Crippen LogP contribution in [-0.4, -0.2) is 57.0 Å². The predicted octanol–water partition coefficient (Wildman–Crippen LogP) is 1.37. The molecule has 0 unspecified atom stereocenters. The maximum absolute atomic E-state index is 12.0. The Hall–Kier alpha value is -1.67. The molecular formula is C15H13NaO6S. The normalized spacial score (nSPS) is 10.3. The molecular weight excluding hydrogens is 331 g/mol. The number of methoxy groups -OCH3 is 1. The van der Waals surface area contributed by atoms with E-state index in [2.05, 4.69) is 8.92 Å². The Morgan fingerprint density at radius 2 is 1.43 bits per heavy atom. The number of hydrogen-bond donors (Lipinski definition) is 0. The number of benzene rings is 2. The van der Waals surface area contributed by atoms with Crippen LogP contribution in [0.1, 0.15) is 20.7 Å². The monoisotopic (exact) mass is 344 g/mol. The van der Waals surface area contributed by atoms with Gasteiger partial charge < -0.3 is 8.92 Å². The van der Waals surface area contributed by atoms with Crippen LogP contribution in [0, 0.1) is 0 Å². The van der Waals surface area contributed by atoms with Gasteiger partial charge in [0.15, 0.2) is 0 Å². The van der Waals surface area contributed by atoms with Gasteiger partial charge in [0, 0.05) is 0 Å². The first-order valence-electron chi connectivity index (χ1n) is 6.16. The average molecular weight is 344 g/mol. The quantitative estimate of drug-likeness (QED) is 0.473. The summed E-state index contributed by atoms with van der Waals surface area (Å²) < 4.78 is 33.0. The summed E-state index contributed by atoms with van der Waals surface area (Å²) in [6.45, 7) is 0. The Bertz CT molecular complexity index is 802. The van der Waals surface area contributed by atoms with Crippen LogP contribution in [0.25, 0.3) is 0 Å². The van der Waals surface area contributed by atoms with E-state index >= 15 is 0 Å². The second-order valence-corrected chi connectivity index (χ2v) is 5.76. The first kappa shape index (κ1) is 19.4. The van der Waals surface area contributed by atoms with Crippen LogP contribution in [0.4, 0.5) is 0 Å². The molecule has 0 fully saturated rings. The van der Waals surface area contributed by atoms with Crippen molar-refractivity contribution in [2.45, 2.75) is 4.90 Å². The Morgan fingerprint density at radius 1 is 0.870 bits per heavy atom. The summed E-state index contributed by atoms with van der Waals surface area (Å²) in [5.74, 6) is -1.71. The molecule has 0 aliphatic heterocycles. The number of ether oxygens (including phenoxy) is 1. The van der Waals surface area contributed by atoms with Crippen molar-refractivity contribution in [3.63, 3.8) is 0 Å². The summed E-state index contributed by atoms with van der Waals surface area (Å²) in [6.07, 6.45) is 0. The summed E-state index contributed by atoms with van der Waals surface area (Å²) >= 11 is 0. The molecule has 0 heterocycles. The number of hydrogen-bond acceptors (Lipinski definition) is 6. The second kappa shape index (κ2) is 8.26. The maximum atomic E-state index is 12.0. The number of rotatable bonds is 4. The van der Waals surface area contributed by atoms with E-state index in [1.54, 1.807) is 6.07 Å². The van der Waals surface area contributed by atoms with E-state index in [9.17, 15) is 18.0 Å². The SMILES string of the molecule is COC(=O)c1cccc(C(=O)OS(=O)(=O)c2ccccc2)c1.[NaH]. The van der Waals surface area contributed by atoms with Crippen LogP contribution in [0.15, 0.2) is 59.5 Å². The van der Waals surface area contributed by atoms with Crippen molar-refractivity contribution in [2.24, 2.45) is 0 Å². The third kappa shape index (κ3) is 4.90. The van der Waals surface area contributed by atoms with Gasteiger partial charge in [-0.15, -0.1) is 0 Å². The molecule has 0 amide bonds. The molecule has 116 valence electrons. The topological polar surface area (TPSA) is 86.7 Å². The van der Waals surface area contributed by atoms with Crippen molar-refractivity contribution in [2.75, 3.05) is 7.11 Å². The molecule has 2 aromatic rings. The molecule has 8 heteroatoms. The van der Waals surface area contributed by atoms with E-state index in [1.165, 1.54) is 55.6 Å². The minimum absolute atomic E-state index is 0. The average Bonchev–Trinajstić information content (AvgIpc) is 2.54. The first-order valence-corrected chi connectivity index (χ1v) is 7.57. The van der Waals surface area contributed by atoms with E-state index in [0.29, 0.717) is 0 Å². The zero-order chi connectivity index (χ0) is 16.2. The van der Waals surface area contributed by atoms with Crippen molar-refractivity contribution in [1.29, 1.82) is 0 Å². The zero-order valence-corrected chi connectivity index (χ0v) is 12.4. The van der Waals surface area contributed by atoms with Crippen LogP contribution in [0.3, 0.4) is 0 Å². The molecule has 0 saturated heterocycles. The van der Waals surface area contributed by atoms with Crippen molar-refractivity contribution in [3.05, 3.63) is 65.7 Å². The summed E-state index contributed by atoms with van der Waals surface area (Å²) in [5.41, 5.74) is 0.0523. The van der Waals surface area contributed by atoms with E-state index in [-0.39, 0.29) is 45.6 Å². The molecule has 2 rings (SSSR count). The number of carbonyl (C=O) groups excluding carboxylic acids is 2. The summed E-state index contributed by atoms with van der Waals surface area (Å²) in [5, 5.41) is 0. The summed E-state index contributed by atoms with van der Waals surface area (Å²) in [4.78, 5) is 23.2. The Kier molecular flexibility index (Phi) is 6.96. The third-order valence-electron chi connectivity index (χ3n) is 2.74. The Labute approximate surface area is 155 Å². The third-order valence-corrected chi connectivity index (χ3v) is 3.96. The molecule has 0 atom stereocenters. The first-order chi connectivity index (χ1) is 10.4. The number of esters is 1. The van der Waals surface area contributed by atoms with E-state index < -0.39 is 22.1 Å². The van der Waals surface area contributed by atoms with Crippen LogP contribution >= 0.6 is 0 Å². The molecule has 0 aromatic heterocycles. The minimum atomic E-state index is -4.21. The molecule has 23 heavy (non-hydrogen) atoms.